The first-order chi connectivity index (χ1) is 11.6. The number of fused-ring (bicyclic) bond motifs is 2. The molecule has 128 valence electrons. The van der Waals surface area contributed by atoms with Crippen LogP contribution in [0.5, 0.6) is 0 Å². The van der Waals surface area contributed by atoms with E-state index < -0.39 is 18.0 Å². The van der Waals surface area contributed by atoms with Crippen molar-refractivity contribution in [3.63, 3.8) is 0 Å². The van der Waals surface area contributed by atoms with Crippen molar-refractivity contribution in [3.8, 4) is 0 Å². The van der Waals surface area contributed by atoms with Crippen LogP contribution in [0.4, 0.5) is 0 Å². The first kappa shape index (κ1) is 16.7. The van der Waals surface area contributed by atoms with Crippen molar-refractivity contribution in [2.45, 2.75) is 37.5 Å². The Hall–Kier alpha value is -2.14. The van der Waals surface area contributed by atoms with Gasteiger partial charge in [0.25, 0.3) is 0 Å². The third-order valence-corrected chi connectivity index (χ3v) is 5.17. The van der Waals surface area contributed by atoms with Crippen molar-refractivity contribution in [3.05, 3.63) is 42.0 Å². The minimum Gasteiger partial charge on any atom is -0.469 e. The quantitative estimate of drug-likeness (QED) is 0.626. The second-order valence-corrected chi connectivity index (χ2v) is 6.47. The molecule has 0 amide bonds. The fraction of sp³-hybridized carbons (Fsp3) is 0.474. The summed E-state index contributed by atoms with van der Waals surface area (Å²) in [5, 5.41) is 0. The second-order valence-electron chi connectivity index (χ2n) is 6.47. The van der Waals surface area contributed by atoms with Crippen LogP contribution in [0.2, 0.25) is 0 Å². The van der Waals surface area contributed by atoms with Crippen LogP contribution < -0.4 is 0 Å². The van der Waals surface area contributed by atoms with Gasteiger partial charge in [0.05, 0.1) is 7.11 Å². The number of methoxy groups -OCH3 is 1. The van der Waals surface area contributed by atoms with Gasteiger partial charge in [-0.1, -0.05) is 30.3 Å². The van der Waals surface area contributed by atoms with E-state index in [-0.39, 0.29) is 12.0 Å². The molecule has 0 spiro atoms. The van der Waals surface area contributed by atoms with Crippen LogP contribution in [-0.4, -0.2) is 49.2 Å². The Kier molecular flexibility index (Phi) is 5.00. The molecule has 0 saturated carbocycles. The largest absolute Gasteiger partial charge is 0.469 e. The van der Waals surface area contributed by atoms with Crippen molar-refractivity contribution < 1.29 is 19.1 Å². The Morgan fingerprint density at radius 1 is 1.21 bits per heavy atom. The van der Waals surface area contributed by atoms with Gasteiger partial charge in [0.2, 0.25) is 0 Å². The lowest BCUT2D eigenvalue weighted by atomic mass is 9.87. The minimum absolute atomic E-state index is 0.0899. The predicted molar refractivity (Wildman–Crippen MR) is 90.1 cm³/mol. The highest BCUT2D eigenvalue weighted by atomic mass is 16.6. The van der Waals surface area contributed by atoms with Gasteiger partial charge in [-0.3, -0.25) is 9.69 Å². The molecule has 2 aliphatic rings. The second kappa shape index (κ2) is 7.18. The van der Waals surface area contributed by atoms with Crippen molar-refractivity contribution in [2.24, 2.45) is 5.92 Å². The zero-order chi connectivity index (χ0) is 17.1. The average molecular weight is 329 g/mol. The predicted octanol–water partition coefficient (Wildman–Crippen LogP) is 2.27. The van der Waals surface area contributed by atoms with Crippen LogP contribution in [0.3, 0.4) is 0 Å². The highest BCUT2D eigenvalue weighted by molar-refractivity contribution is 5.87. The van der Waals surface area contributed by atoms with Gasteiger partial charge in [-0.15, -0.1) is 0 Å². The van der Waals surface area contributed by atoms with Gasteiger partial charge < -0.3 is 9.47 Å². The fourth-order valence-electron chi connectivity index (χ4n) is 3.90. The van der Waals surface area contributed by atoms with Crippen molar-refractivity contribution >= 4 is 18.0 Å². The summed E-state index contributed by atoms with van der Waals surface area (Å²) < 4.78 is 10.6. The van der Waals surface area contributed by atoms with E-state index in [2.05, 4.69) is 4.90 Å². The first-order valence-corrected chi connectivity index (χ1v) is 8.33. The van der Waals surface area contributed by atoms with E-state index in [4.69, 9.17) is 9.47 Å². The number of carbonyl (C=O) groups is 2. The van der Waals surface area contributed by atoms with E-state index in [0.717, 1.165) is 18.4 Å². The van der Waals surface area contributed by atoms with Gasteiger partial charge in [-0.2, -0.15) is 0 Å². The summed E-state index contributed by atoms with van der Waals surface area (Å²) in [6, 6.07) is 10.0. The summed E-state index contributed by atoms with van der Waals surface area (Å²) in [5.41, 5.74) is 0.933. The zero-order valence-electron chi connectivity index (χ0n) is 14.1. The topological polar surface area (TPSA) is 55.8 Å². The third kappa shape index (κ3) is 3.36. The molecule has 2 bridgehead atoms. The van der Waals surface area contributed by atoms with E-state index in [0.29, 0.717) is 12.5 Å². The smallest absolute Gasteiger partial charge is 0.331 e. The van der Waals surface area contributed by atoms with E-state index in [1.54, 1.807) is 6.08 Å². The van der Waals surface area contributed by atoms with Gasteiger partial charge >= 0.3 is 11.9 Å². The van der Waals surface area contributed by atoms with Gasteiger partial charge in [0, 0.05) is 24.6 Å². The van der Waals surface area contributed by atoms with Gasteiger partial charge in [0.15, 0.2) is 0 Å². The lowest BCUT2D eigenvalue weighted by Gasteiger charge is -2.40. The molecule has 2 fully saturated rings. The number of nitrogens with zero attached hydrogens (tertiary/aromatic N) is 1. The monoisotopic (exact) mass is 329 g/mol. The number of carbonyl (C=O) groups excluding carboxylic acids is 2. The van der Waals surface area contributed by atoms with E-state index in [1.807, 2.05) is 37.4 Å². The van der Waals surface area contributed by atoms with Crippen molar-refractivity contribution in [1.82, 2.24) is 4.90 Å². The van der Waals surface area contributed by atoms with Crippen molar-refractivity contribution in [1.29, 1.82) is 0 Å². The maximum atomic E-state index is 12.2. The highest BCUT2D eigenvalue weighted by Crippen LogP contribution is 2.40. The number of benzene rings is 1. The van der Waals surface area contributed by atoms with Gasteiger partial charge in [-0.05, 0) is 31.5 Å². The molecule has 3 rings (SSSR count). The molecule has 4 atom stereocenters. The van der Waals surface area contributed by atoms with E-state index >= 15 is 0 Å². The van der Waals surface area contributed by atoms with Crippen LogP contribution in [0, 0.1) is 5.92 Å². The number of rotatable bonds is 4. The maximum absolute atomic E-state index is 12.2. The van der Waals surface area contributed by atoms with Crippen LogP contribution in [-0.2, 0) is 19.1 Å². The Bertz CT molecular complexity index is 628. The molecule has 2 saturated heterocycles. The number of hydrogen-bond acceptors (Lipinski definition) is 5. The number of esters is 2. The van der Waals surface area contributed by atoms with Gasteiger partial charge in [-0.25, -0.2) is 4.79 Å². The van der Waals surface area contributed by atoms with Gasteiger partial charge in [0.1, 0.15) is 12.0 Å². The molecule has 2 aliphatic heterocycles. The molecule has 0 N–H and O–H groups in total. The van der Waals surface area contributed by atoms with Crippen LogP contribution in [0.1, 0.15) is 24.8 Å². The number of hydrogen-bond donors (Lipinski definition) is 0. The zero-order valence-corrected chi connectivity index (χ0v) is 14.1. The Morgan fingerprint density at radius 3 is 2.67 bits per heavy atom. The summed E-state index contributed by atoms with van der Waals surface area (Å²) in [6.45, 7) is 0. The molecule has 1 aromatic rings. The molecular weight excluding hydrogens is 306 g/mol. The number of ether oxygens (including phenoxy) is 2. The highest BCUT2D eigenvalue weighted by Gasteiger charge is 2.50. The molecule has 5 nitrogen and oxygen atoms in total. The SMILES string of the molecule is COC(=O)[C@H]1C(OC(=O)C=Cc2ccccc2)CC2CCC1N2C. The van der Waals surface area contributed by atoms with Crippen molar-refractivity contribution in [2.75, 3.05) is 14.2 Å². The molecule has 24 heavy (non-hydrogen) atoms. The standard InChI is InChI=1S/C19H23NO4/c1-20-14-9-10-15(20)18(19(22)23-2)16(12-14)24-17(21)11-8-13-6-4-3-5-7-13/h3-8,11,14-16,18H,9-10,12H2,1-2H3/t14?,15?,16?,18-/m1/s1. The van der Waals surface area contributed by atoms with Crippen LogP contribution in [0.25, 0.3) is 6.08 Å². The molecule has 2 heterocycles. The van der Waals surface area contributed by atoms with E-state index in [9.17, 15) is 9.59 Å². The fourth-order valence-corrected chi connectivity index (χ4v) is 3.90. The van der Waals surface area contributed by atoms with E-state index in [1.165, 1.54) is 13.2 Å². The summed E-state index contributed by atoms with van der Waals surface area (Å²) in [7, 11) is 3.42. The Morgan fingerprint density at radius 2 is 1.96 bits per heavy atom. The average Bonchev–Trinajstić information content (AvgIpc) is 2.83. The molecular formula is C19H23NO4. The summed E-state index contributed by atoms with van der Waals surface area (Å²) in [6.07, 6.45) is 5.37. The molecule has 0 aromatic heterocycles. The Balaban J connectivity index is 1.69. The lowest BCUT2D eigenvalue weighted by molar-refractivity contribution is -0.165. The number of piperidine rings is 1. The molecule has 0 aliphatic carbocycles. The molecule has 3 unspecified atom stereocenters. The van der Waals surface area contributed by atoms with Crippen LogP contribution >= 0.6 is 0 Å². The minimum atomic E-state index is -0.418. The normalized spacial score (nSPS) is 29.6. The summed E-state index contributed by atoms with van der Waals surface area (Å²) in [4.78, 5) is 26.6. The first-order valence-electron chi connectivity index (χ1n) is 8.33. The van der Waals surface area contributed by atoms with Crippen LogP contribution in [0.15, 0.2) is 36.4 Å². The summed E-state index contributed by atoms with van der Waals surface area (Å²) in [5.74, 6) is -1.12. The third-order valence-electron chi connectivity index (χ3n) is 5.17. The Labute approximate surface area is 142 Å². The molecule has 1 aromatic carbocycles. The molecule has 5 heteroatoms. The molecule has 0 radical (unpaired) electrons. The lowest BCUT2D eigenvalue weighted by Crippen LogP contribution is -2.53. The summed E-state index contributed by atoms with van der Waals surface area (Å²) >= 11 is 0. The maximum Gasteiger partial charge on any atom is 0.331 e.